The second-order valence-corrected chi connectivity index (χ2v) is 7.56. The molecule has 0 atom stereocenters. The van der Waals surface area contributed by atoms with Crippen molar-refractivity contribution in [3.63, 3.8) is 0 Å². The van der Waals surface area contributed by atoms with E-state index in [-0.39, 0.29) is 6.03 Å². The number of ether oxygens (including phenoxy) is 2. The number of para-hydroxylation sites is 1. The number of benzene rings is 3. The van der Waals surface area contributed by atoms with Gasteiger partial charge in [-0.3, -0.25) is 0 Å². The SMILES string of the molecule is COc1cc2ncnc(Nc3ccc(NC(=O)Nc4ccccc4Br)cc3)c2cc1OC. The van der Waals surface area contributed by atoms with Crippen LogP contribution in [-0.2, 0) is 0 Å². The Kier molecular flexibility index (Phi) is 6.37. The fourth-order valence-electron chi connectivity index (χ4n) is 3.10. The number of urea groups is 1. The Balaban J connectivity index is 1.48. The predicted octanol–water partition coefficient (Wildman–Crippen LogP) is 5.80. The van der Waals surface area contributed by atoms with Gasteiger partial charge in [-0.15, -0.1) is 0 Å². The topological polar surface area (TPSA) is 97.4 Å². The van der Waals surface area contributed by atoms with E-state index in [1.165, 1.54) is 6.33 Å². The molecule has 0 radical (unpaired) electrons. The number of aromatic nitrogens is 2. The van der Waals surface area contributed by atoms with Crippen molar-refractivity contribution in [3.8, 4) is 11.5 Å². The molecule has 4 aromatic rings. The summed E-state index contributed by atoms with van der Waals surface area (Å²) in [6.45, 7) is 0. The molecule has 3 N–H and O–H groups in total. The predicted molar refractivity (Wildman–Crippen MR) is 129 cm³/mol. The number of halogens is 1. The summed E-state index contributed by atoms with van der Waals surface area (Å²) in [6, 6.07) is 18.0. The maximum Gasteiger partial charge on any atom is 0.323 e. The summed E-state index contributed by atoms with van der Waals surface area (Å²) in [5, 5.41) is 9.69. The number of nitrogens with one attached hydrogen (secondary N) is 3. The number of nitrogens with zero attached hydrogens (tertiary/aromatic N) is 2. The molecule has 0 aliphatic rings. The zero-order chi connectivity index (χ0) is 22.5. The summed E-state index contributed by atoms with van der Waals surface area (Å²) >= 11 is 3.41. The molecule has 0 bridgehead atoms. The van der Waals surface area contributed by atoms with Crippen LogP contribution in [0.1, 0.15) is 0 Å². The quantitative estimate of drug-likeness (QED) is 0.314. The van der Waals surface area contributed by atoms with Gasteiger partial charge in [0.05, 0.1) is 25.4 Å². The van der Waals surface area contributed by atoms with Crippen LogP contribution in [0.5, 0.6) is 11.5 Å². The normalized spacial score (nSPS) is 10.5. The monoisotopic (exact) mass is 493 g/mol. The molecule has 32 heavy (non-hydrogen) atoms. The Morgan fingerprint density at radius 3 is 2.28 bits per heavy atom. The van der Waals surface area contributed by atoms with E-state index in [2.05, 4.69) is 41.8 Å². The molecule has 4 rings (SSSR count). The van der Waals surface area contributed by atoms with Gasteiger partial charge in [-0.1, -0.05) is 12.1 Å². The average Bonchev–Trinajstić information content (AvgIpc) is 2.81. The second kappa shape index (κ2) is 9.52. The lowest BCUT2D eigenvalue weighted by Crippen LogP contribution is -2.19. The van der Waals surface area contributed by atoms with Crippen LogP contribution in [0.2, 0.25) is 0 Å². The smallest absolute Gasteiger partial charge is 0.323 e. The van der Waals surface area contributed by atoms with Crippen LogP contribution in [0.4, 0.5) is 27.7 Å². The Bertz CT molecular complexity index is 1260. The van der Waals surface area contributed by atoms with Crippen LogP contribution in [0.25, 0.3) is 10.9 Å². The third-order valence-corrected chi connectivity index (χ3v) is 5.36. The zero-order valence-electron chi connectivity index (χ0n) is 17.3. The lowest BCUT2D eigenvalue weighted by atomic mass is 10.2. The highest BCUT2D eigenvalue weighted by atomic mass is 79.9. The van der Waals surface area contributed by atoms with Crippen LogP contribution in [0, 0.1) is 0 Å². The third kappa shape index (κ3) is 4.73. The molecule has 8 nitrogen and oxygen atoms in total. The number of methoxy groups -OCH3 is 2. The first kappa shape index (κ1) is 21.4. The molecule has 0 fully saturated rings. The van der Waals surface area contributed by atoms with E-state index in [9.17, 15) is 4.79 Å². The largest absolute Gasteiger partial charge is 0.493 e. The fourth-order valence-corrected chi connectivity index (χ4v) is 3.49. The van der Waals surface area contributed by atoms with Crippen molar-refractivity contribution in [2.24, 2.45) is 0 Å². The molecule has 3 aromatic carbocycles. The molecule has 1 heterocycles. The van der Waals surface area contributed by atoms with Gasteiger partial charge in [0, 0.05) is 27.3 Å². The number of amides is 2. The van der Waals surface area contributed by atoms with E-state index in [0.717, 1.165) is 21.1 Å². The van der Waals surface area contributed by atoms with E-state index in [1.54, 1.807) is 32.4 Å². The van der Waals surface area contributed by atoms with Crippen molar-refractivity contribution >= 4 is 55.7 Å². The fraction of sp³-hybridized carbons (Fsp3) is 0.0870. The van der Waals surface area contributed by atoms with Crippen LogP contribution in [0.15, 0.2) is 71.5 Å². The van der Waals surface area contributed by atoms with Gasteiger partial charge in [0.2, 0.25) is 0 Å². The first-order valence-electron chi connectivity index (χ1n) is 9.63. The lowest BCUT2D eigenvalue weighted by molar-refractivity contribution is 0.262. The Hall–Kier alpha value is -3.85. The summed E-state index contributed by atoms with van der Waals surface area (Å²) in [5.74, 6) is 1.82. The van der Waals surface area contributed by atoms with E-state index < -0.39 is 0 Å². The second-order valence-electron chi connectivity index (χ2n) is 6.71. The minimum Gasteiger partial charge on any atom is -0.493 e. The standard InChI is InChI=1S/C23H20BrN5O3/c1-31-20-11-16-19(12-21(20)32-2)25-13-26-22(16)27-14-7-9-15(10-8-14)28-23(30)29-18-6-4-3-5-17(18)24/h3-13H,1-2H3,(H,25,26,27)(H2,28,29,30). The highest BCUT2D eigenvalue weighted by molar-refractivity contribution is 9.10. The van der Waals surface area contributed by atoms with Gasteiger partial charge in [-0.2, -0.15) is 0 Å². The number of hydrogen-bond donors (Lipinski definition) is 3. The molecule has 0 aliphatic heterocycles. The molecule has 1 aromatic heterocycles. The van der Waals surface area contributed by atoms with Crippen molar-refractivity contribution in [1.82, 2.24) is 9.97 Å². The van der Waals surface area contributed by atoms with E-state index in [4.69, 9.17) is 9.47 Å². The van der Waals surface area contributed by atoms with Crippen molar-refractivity contribution < 1.29 is 14.3 Å². The molecular formula is C23H20BrN5O3. The molecule has 9 heteroatoms. The van der Waals surface area contributed by atoms with Gasteiger partial charge >= 0.3 is 6.03 Å². The molecular weight excluding hydrogens is 474 g/mol. The first-order valence-corrected chi connectivity index (χ1v) is 10.4. The van der Waals surface area contributed by atoms with E-state index in [1.807, 2.05) is 42.5 Å². The van der Waals surface area contributed by atoms with E-state index >= 15 is 0 Å². The van der Waals surface area contributed by atoms with Crippen molar-refractivity contribution in [2.45, 2.75) is 0 Å². The minimum atomic E-state index is -0.333. The number of rotatable bonds is 6. The summed E-state index contributed by atoms with van der Waals surface area (Å²) in [5.41, 5.74) is 2.86. The molecule has 0 aliphatic carbocycles. The summed E-state index contributed by atoms with van der Waals surface area (Å²) in [7, 11) is 3.16. The minimum absolute atomic E-state index is 0.333. The molecule has 0 spiro atoms. The number of anilines is 4. The van der Waals surface area contributed by atoms with Gasteiger partial charge in [0.1, 0.15) is 12.1 Å². The number of fused-ring (bicyclic) bond motifs is 1. The highest BCUT2D eigenvalue weighted by Crippen LogP contribution is 2.34. The molecule has 0 saturated heterocycles. The van der Waals surface area contributed by atoms with Crippen molar-refractivity contribution in [3.05, 3.63) is 71.5 Å². The van der Waals surface area contributed by atoms with Gasteiger partial charge in [0.25, 0.3) is 0 Å². The maximum atomic E-state index is 12.3. The summed E-state index contributed by atoms with van der Waals surface area (Å²) < 4.78 is 11.5. The lowest BCUT2D eigenvalue weighted by Gasteiger charge is -2.13. The van der Waals surface area contributed by atoms with Crippen LogP contribution in [-0.4, -0.2) is 30.2 Å². The summed E-state index contributed by atoms with van der Waals surface area (Å²) in [6.07, 6.45) is 1.48. The van der Waals surface area contributed by atoms with Crippen molar-refractivity contribution in [2.75, 3.05) is 30.2 Å². The molecule has 162 valence electrons. The van der Waals surface area contributed by atoms with E-state index in [0.29, 0.717) is 28.7 Å². The van der Waals surface area contributed by atoms with Crippen LogP contribution >= 0.6 is 15.9 Å². The average molecular weight is 494 g/mol. The molecule has 0 unspecified atom stereocenters. The van der Waals surface area contributed by atoms with Crippen molar-refractivity contribution in [1.29, 1.82) is 0 Å². The van der Waals surface area contributed by atoms with Crippen LogP contribution < -0.4 is 25.4 Å². The molecule has 0 saturated carbocycles. The van der Waals surface area contributed by atoms with Gasteiger partial charge in [-0.05, 0) is 58.4 Å². The maximum absolute atomic E-state index is 12.3. The number of carbonyl (C=O) groups excluding carboxylic acids is 1. The third-order valence-electron chi connectivity index (χ3n) is 4.67. The Labute approximate surface area is 193 Å². The van der Waals surface area contributed by atoms with Gasteiger partial charge in [-0.25, -0.2) is 14.8 Å². The highest BCUT2D eigenvalue weighted by Gasteiger charge is 2.11. The Morgan fingerprint density at radius 1 is 0.875 bits per heavy atom. The molecule has 2 amide bonds. The Morgan fingerprint density at radius 2 is 1.56 bits per heavy atom. The zero-order valence-corrected chi connectivity index (χ0v) is 18.9. The van der Waals surface area contributed by atoms with Crippen LogP contribution in [0.3, 0.4) is 0 Å². The van der Waals surface area contributed by atoms with Gasteiger partial charge in [0.15, 0.2) is 11.5 Å². The number of hydrogen-bond acceptors (Lipinski definition) is 6. The number of carbonyl (C=O) groups is 1. The van der Waals surface area contributed by atoms with Gasteiger partial charge < -0.3 is 25.4 Å². The first-order chi connectivity index (χ1) is 15.6. The summed E-state index contributed by atoms with van der Waals surface area (Å²) in [4.78, 5) is 20.9.